The van der Waals surface area contributed by atoms with Crippen molar-refractivity contribution in [1.82, 2.24) is 0 Å². The Morgan fingerprint density at radius 2 is 2.11 bits per heavy atom. The lowest BCUT2D eigenvalue weighted by Crippen LogP contribution is -2.11. The number of halogens is 1. The van der Waals surface area contributed by atoms with Crippen molar-refractivity contribution < 1.29 is 13.2 Å². The molecule has 1 rings (SSSR count). The van der Waals surface area contributed by atoms with Gasteiger partial charge in [0.25, 0.3) is 0 Å². The maximum Gasteiger partial charge on any atom is 0.147 e. The molecule has 0 radical (unpaired) electrons. The van der Waals surface area contributed by atoms with Gasteiger partial charge in [-0.05, 0) is 31.5 Å². The summed E-state index contributed by atoms with van der Waals surface area (Å²) < 4.78 is 27.5. The van der Waals surface area contributed by atoms with E-state index >= 15 is 0 Å². The van der Waals surface area contributed by atoms with Crippen LogP contribution in [0.4, 0.5) is 0 Å². The molecule has 2 N–H and O–H groups in total. The van der Waals surface area contributed by atoms with Crippen LogP contribution in [-0.2, 0) is 9.84 Å². The number of hydrogen-bond donors (Lipinski definition) is 1. The Labute approximate surface area is 113 Å². The molecule has 0 saturated carbocycles. The van der Waals surface area contributed by atoms with Gasteiger partial charge >= 0.3 is 0 Å². The van der Waals surface area contributed by atoms with Crippen molar-refractivity contribution in [2.75, 3.05) is 18.6 Å². The summed E-state index contributed by atoms with van der Waals surface area (Å²) in [5.41, 5.74) is 6.64. The molecular weight excluding hydrogens is 274 g/mol. The van der Waals surface area contributed by atoms with Crippen molar-refractivity contribution in [2.45, 2.75) is 19.4 Å². The molecule has 6 heteroatoms. The minimum Gasteiger partial charge on any atom is -0.493 e. The quantitative estimate of drug-likeness (QED) is 0.816. The van der Waals surface area contributed by atoms with Crippen molar-refractivity contribution in [3.05, 3.63) is 28.8 Å². The van der Waals surface area contributed by atoms with Crippen LogP contribution in [0.2, 0.25) is 5.02 Å². The molecule has 1 atom stereocenters. The number of nitrogens with two attached hydrogens (primary N) is 1. The summed E-state index contributed by atoms with van der Waals surface area (Å²) in [6, 6.07) is 5.05. The van der Waals surface area contributed by atoms with E-state index in [2.05, 4.69) is 0 Å². The Balaban J connectivity index is 2.62. The lowest BCUT2D eigenvalue weighted by atomic mass is 10.1. The molecule has 0 amide bonds. The number of ether oxygens (including phenoxy) is 1. The number of rotatable bonds is 6. The van der Waals surface area contributed by atoms with Crippen LogP contribution in [0.15, 0.2) is 18.2 Å². The van der Waals surface area contributed by atoms with Crippen molar-refractivity contribution in [3.8, 4) is 5.75 Å². The van der Waals surface area contributed by atoms with Gasteiger partial charge in [0.05, 0.1) is 12.4 Å². The zero-order valence-electron chi connectivity index (χ0n) is 10.5. The van der Waals surface area contributed by atoms with E-state index < -0.39 is 9.84 Å². The maximum atomic E-state index is 11.0. The van der Waals surface area contributed by atoms with E-state index in [4.69, 9.17) is 22.1 Å². The largest absolute Gasteiger partial charge is 0.493 e. The second-order valence-electron chi connectivity index (χ2n) is 4.30. The van der Waals surface area contributed by atoms with Gasteiger partial charge in [0.2, 0.25) is 0 Å². The topological polar surface area (TPSA) is 69.4 Å². The second-order valence-corrected chi connectivity index (χ2v) is 7.00. The molecule has 0 aliphatic rings. The lowest BCUT2D eigenvalue weighted by Gasteiger charge is -2.14. The molecule has 0 aromatic heterocycles. The van der Waals surface area contributed by atoms with Crippen molar-refractivity contribution in [1.29, 1.82) is 0 Å². The summed E-state index contributed by atoms with van der Waals surface area (Å²) in [7, 11) is -2.94. The van der Waals surface area contributed by atoms with Crippen molar-refractivity contribution in [2.24, 2.45) is 5.73 Å². The highest BCUT2D eigenvalue weighted by Crippen LogP contribution is 2.27. The highest BCUT2D eigenvalue weighted by Gasteiger charge is 2.09. The molecule has 0 aliphatic carbocycles. The molecule has 4 nitrogen and oxygen atoms in total. The van der Waals surface area contributed by atoms with Gasteiger partial charge in [-0.3, -0.25) is 0 Å². The average molecular weight is 292 g/mol. The fourth-order valence-corrected chi connectivity index (χ4v) is 2.33. The minimum atomic E-state index is -2.94. The van der Waals surface area contributed by atoms with Crippen LogP contribution in [-0.4, -0.2) is 27.0 Å². The van der Waals surface area contributed by atoms with Gasteiger partial charge in [-0.1, -0.05) is 11.6 Å². The normalized spacial score (nSPS) is 13.3. The fraction of sp³-hybridized carbons (Fsp3) is 0.500. The first-order chi connectivity index (χ1) is 8.29. The number of sulfone groups is 1. The first-order valence-electron chi connectivity index (χ1n) is 5.65. The maximum absolute atomic E-state index is 11.0. The Kier molecular flexibility index (Phi) is 5.44. The summed E-state index contributed by atoms with van der Waals surface area (Å²) in [6.45, 7) is 2.18. The van der Waals surface area contributed by atoms with Crippen LogP contribution in [0.5, 0.6) is 5.75 Å². The van der Waals surface area contributed by atoms with E-state index in [0.29, 0.717) is 23.8 Å². The Morgan fingerprint density at radius 3 is 2.67 bits per heavy atom. The molecule has 0 bridgehead atoms. The monoisotopic (exact) mass is 291 g/mol. The highest BCUT2D eigenvalue weighted by molar-refractivity contribution is 7.90. The lowest BCUT2D eigenvalue weighted by molar-refractivity contribution is 0.313. The third kappa shape index (κ3) is 5.25. The molecule has 1 aromatic carbocycles. The van der Waals surface area contributed by atoms with Crippen LogP contribution < -0.4 is 10.5 Å². The van der Waals surface area contributed by atoms with Gasteiger partial charge < -0.3 is 10.5 Å². The summed E-state index contributed by atoms with van der Waals surface area (Å²) >= 11 is 5.89. The van der Waals surface area contributed by atoms with Gasteiger partial charge in [0, 0.05) is 22.9 Å². The first kappa shape index (κ1) is 15.3. The van der Waals surface area contributed by atoms with Crippen LogP contribution in [0, 0.1) is 0 Å². The highest BCUT2D eigenvalue weighted by atomic mass is 35.5. The predicted molar refractivity (Wildman–Crippen MR) is 73.9 cm³/mol. The molecule has 102 valence electrons. The summed E-state index contributed by atoms with van der Waals surface area (Å²) in [5, 5.41) is 0.603. The van der Waals surface area contributed by atoms with Crippen LogP contribution >= 0.6 is 11.6 Å². The summed E-state index contributed by atoms with van der Waals surface area (Å²) in [4.78, 5) is 0. The Bertz CT molecular complexity index is 500. The van der Waals surface area contributed by atoms with E-state index in [1.807, 2.05) is 6.92 Å². The average Bonchev–Trinajstić information content (AvgIpc) is 2.24. The zero-order chi connectivity index (χ0) is 13.8. The van der Waals surface area contributed by atoms with E-state index in [1.54, 1.807) is 18.2 Å². The predicted octanol–water partition coefficient (Wildman–Crippen LogP) is 2.17. The van der Waals surface area contributed by atoms with Gasteiger partial charge in [-0.15, -0.1) is 0 Å². The molecule has 0 saturated heterocycles. The Hall–Kier alpha value is -0.780. The number of hydrogen-bond acceptors (Lipinski definition) is 4. The molecule has 0 aliphatic heterocycles. The molecule has 0 fully saturated rings. The van der Waals surface area contributed by atoms with Crippen LogP contribution in [0.3, 0.4) is 0 Å². The van der Waals surface area contributed by atoms with E-state index in [1.165, 1.54) is 6.26 Å². The summed E-state index contributed by atoms with van der Waals surface area (Å²) in [6.07, 6.45) is 1.67. The molecule has 0 unspecified atom stereocenters. The third-order valence-corrected chi connectivity index (χ3v) is 3.64. The molecule has 0 heterocycles. The van der Waals surface area contributed by atoms with Gasteiger partial charge in [-0.2, -0.15) is 0 Å². The van der Waals surface area contributed by atoms with Gasteiger partial charge in [-0.25, -0.2) is 8.42 Å². The molecule has 1 aromatic rings. The minimum absolute atomic E-state index is 0.119. The molecule has 0 spiro atoms. The Morgan fingerprint density at radius 1 is 1.44 bits per heavy atom. The van der Waals surface area contributed by atoms with Crippen molar-refractivity contribution >= 4 is 21.4 Å². The SMILES string of the molecule is C[C@@H](N)c1cc(Cl)ccc1OCCCS(C)(=O)=O. The van der Waals surface area contributed by atoms with Gasteiger partial charge in [0.15, 0.2) is 0 Å². The molecule has 18 heavy (non-hydrogen) atoms. The fourth-order valence-electron chi connectivity index (χ4n) is 1.51. The standard InChI is InChI=1S/C12H18ClNO3S/c1-9(14)11-8-10(13)4-5-12(11)17-6-3-7-18(2,15)16/h4-5,8-9H,3,6-7,14H2,1-2H3/t9-/m1/s1. The second kappa shape index (κ2) is 6.41. The van der Waals surface area contributed by atoms with E-state index in [-0.39, 0.29) is 11.8 Å². The van der Waals surface area contributed by atoms with Crippen molar-refractivity contribution in [3.63, 3.8) is 0 Å². The molecular formula is C12H18ClNO3S. The zero-order valence-corrected chi connectivity index (χ0v) is 12.1. The van der Waals surface area contributed by atoms with E-state index in [9.17, 15) is 8.42 Å². The van der Waals surface area contributed by atoms with E-state index in [0.717, 1.165) is 5.56 Å². The first-order valence-corrected chi connectivity index (χ1v) is 8.09. The van der Waals surface area contributed by atoms with Gasteiger partial charge in [0.1, 0.15) is 15.6 Å². The summed E-state index contributed by atoms with van der Waals surface area (Å²) in [5.74, 6) is 0.775. The number of benzene rings is 1. The smallest absolute Gasteiger partial charge is 0.147 e. The third-order valence-electron chi connectivity index (χ3n) is 2.38. The van der Waals surface area contributed by atoms with Crippen LogP contribution in [0.1, 0.15) is 24.9 Å². The van der Waals surface area contributed by atoms with Crippen LogP contribution in [0.25, 0.3) is 0 Å².